The summed E-state index contributed by atoms with van der Waals surface area (Å²) in [5, 5.41) is 19.6. The van der Waals surface area contributed by atoms with Gasteiger partial charge < -0.3 is 10.2 Å². The summed E-state index contributed by atoms with van der Waals surface area (Å²) < 4.78 is 0. The summed E-state index contributed by atoms with van der Waals surface area (Å²) in [6.45, 7) is 2.14. The minimum absolute atomic E-state index is 0.00342. The van der Waals surface area contributed by atoms with Crippen LogP contribution < -0.4 is 0 Å². The highest BCUT2D eigenvalue weighted by Crippen LogP contribution is 2.51. The van der Waals surface area contributed by atoms with Crippen molar-refractivity contribution in [3.63, 3.8) is 0 Å². The zero-order chi connectivity index (χ0) is 13.6. The summed E-state index contributed by atoms with van der Waals surface area (Å²) in [6.07, 6.45) is 3.03. The van der Waals surface area contributed by atoms with E-state index < -0.39 is 6.10 Å². The van der Waals surface area contributed by atoms with Gasteiger partial charge in [-0.15, -0.1) is 0 Å². The molecule has 2 aliphatic rings. The van der Waals surface area contributed by atoms with Gasteiger partial charge in [-0.05, 0) is 54.9 Å². The van der Waals surface area contributed by atoms with Crippen LogP contribution in [0.1, 0.15) is 43.7 Å². The van der Waals surface area contributed by atoms with Gasteiger partial charge in [-0.1, -0.05) is 13.0 Å². The first-order chi connectivity index (χ1) is 9.06. The molecule has 3 nitrogen and oxygen atoms in total. The SMILES string of the molecule is CCC12C[C@H](O)C(=O)C[C@H]1CCc1cc(O)ccc12. The number of Topliss-reactive ketones (excluding diaryl/α,β-unsaturated/α-hetero) is 1. The molecule has 19 heavy (non-hydrogen) atoms. The summed E-state index contributed by atoms with van der Waals surface area (Å²) in [7, 11) is 0. The zero-order valence-corrected chi connectivity index (χ0v) is 11.2. The highest BCUT2D eigenvalue weighted by molar-refractivity contribution is 5.84. The number of hydrogen-bond acceptors (Lipinski definition) is 3. The number of phenolic OH excluding ortho intramolecular Hbond substituents is 1. The molecule has 2 N–H and O–H groups in total. The molecule has 0 aromatic heterocycles. The quantitative estimate of drug-likeness (QED) is 0.814. The summed E-state index contributed by atoms with van der Waals surface area (Å²) in [4.78, 5) is 11.8. The predicted molar refractivity (Wildman–Crippen MR) is 72.1 cm³/mol. The van der Waals surface area contributed by atoms with E-state index in [4.69, 9.17) is 0 Å². The minimum atomic E-state index is -0.823. The molecule has 2 aliphatic carbocycles. The number of benzene rings is 1. The molecule has 0 saturated heterocycles. The van der Waals surface area contributed by atoms with Crippen molar-refractivity contribution < 1.29 is 15.0 Å². The van der Waals surface area contributed by atoms with Crippen LogP contribution in [0.5, 0.6) is 5.75 Å². The van der Waals surface area contributed by atoms with E-state index >= 15 is 0 Å². The van der Waals surface area contributed by atoms with Crippen molar-refractivity contribution in [2.75, 3.05) is 0 Å². The maximum absolute atomic E-state index is 11.8. The highest BCUT2D eigenvalue weighted by Gasteiger charge is 2.49. The molecular weight excluding hydrogens is 240 g/mol. The van der Waals surface area contributed by atoms with Gasteiger partial charge in [0.05, 0.1) is 0 Å². The molecule has 1 unspecified atom stereocenters. The first kappa shape index (κ1) is 12.7. The average Bonchev–Trinajstić information content (AvgIpc) is 2.40. The number of carbonyl (C=O) groups is 1. The van der Waals surface area contributed by atoms with E-state index in [9.17, 15) is 15.0 Å². The van der Waals surface area contributed by atoms with E-state index in [0.717, 1.165) is 19.3 Å². The average molecular weight is 260 g/mol. The van der Waals surface area contributed by atoms with Gasteiger partial charge in [0.15, 0.2) is 5.78 Å². The number of aliphatic hydroxyl groups is 1. The van der Waals surface area contributed by atoms with Crippen molar-refractivity contribution in [2.45, 2.75) is 50.5 Å². The molecule has 0 bridgehead atoms. The van der Waals surface area contributed by atoms with Crippen molar-refractivity contribution in [1.29, 1.82) is 0 Å². The molecule has 1 saturated carbocycles. The lowest BCUT2D eigenvalue weighted by molar-refractivity contribution is -0.134. The van der Waals surface area contributed by atoms with Crippen LogP contribution in [-0.2, 0) is 16.6 Å². The first-order valence-electron chi connectivity index (χ1n) is 7.10. The molecular formula is C16H20O3. The van der Waals surface area contributed by atoms with Gasteiger partial charge >= 0.3 is 0 Å². The number of fused-ring (bicyclic) bond motifs is 3. The second-order valence-corrected chi connectivity index (χ2v) is 5.98. The van der Waals surface area contributed by atoms with Crippen LogP contribution in [0, 0.1) is 5.92 Å². The third kappa shape index (κ3) is 1.79. The van der Waals surface area contributed by atoms with E-state index in [1.165, 1.54) is 11.1 Å². The summed E-state index contributed by atoms with van der Waals surface area (Å²) in [5.41, 5.74) is 2.32. The molecule has 1 fully saturated rings. The third-order valence-electron chi connectivity index (χ3n) is 5.18. The van der Waals surface area contributed by atoms with Crippen molar-refractivity contribution in [3.05, 3.63) is 29.3 Å². The number of phenols is 1. The second-order valence-electron chi connectivity index (χ2n) is 5.98. The lowest BCUT2D eigenvalue weighted by Crippen LogP contribution is -2.49. The maximum atomic E-state index is 11.8. The Morgan fingerprint density at radius 3 is 2.95 bits per heavy atom. The lowest BCUT2D eigenvalue weighted by atomic mass is 9.55. The number of rotatable bonds is 1. The van der Waals surface area contributed by atoms with Crippen molar-refractivity contribution >= 4 is 5.78 Å². The highest BCUT2D eigenvalue weighted by atomic mass is 16.3. The van der Waals surface area contributed by atoms with E-state index in [-0.39, 0.29) is 11.2 Å². The molecule has 3 heteroatoms. The van der Waals surface area contributed by atoms with E-state index in [2.05, 4.69) is 6.92 Å². The van der Waals surface area contributed by atoms with Gasteiger partial charge in [-0.2, -0.15) is 0 Å². The molecule has 1 aromatic carbocycles. The van der Waals surface area contributed by atoms with Gasteiger partial charge in [-0.3, -0.25) is 4.79 Å². The Morgan fingerprint density at radius 1 is 1.42 bits per heavy atom. The van der Waals surface area contributed by atoms with Crippen LogP contribution in [-0.4, -0.2) is 22.1 Å². The fourth-order valence-corrected chi connectivity index (χ4v) is 4.13. The van der Waals surface area contributed by atoms with Crippen LogP contribution >= 0.6 is 0 Å². The van der Waals surface area contributed by atoms with Gasteiger partial charge in [0.2, 0.25) is 0 Å². The number of carbonyl (C=O) groups excluding carboxylic acids is 1. The minimum Gasteiger partial charge on any atom is -0.508 e. The van der Waals surface area contributed by atoms with E-state index in [0.29, 0.717) is 24.5 Å². The van der Waals surface area contributed by atoms with Gasteiger partial charge in [0, 0.05) is 11.8 Å². The Kier molecular flexibility index (Phi) is 2.90. The third-order valence-corrected chi connectivity index (χ3v) is 5.18. The molecule has 0 spiro atoms. The van der Waals surface area contributed by atoms with Crippen molar-refractivity contribution in [3.8, 4) is 5.75 Å². The molecule has 1 aromatic rings. The van der Waals surface area contributed by atoms with Crippen LogP contribution in [0.4, 0.5) is 0 Å². The van der Waals surface area contributed by atoms with E-state index in [1.54, 1.807) is 6.07 Å². The van der Waals surface area contributed by atoms with Gasteiger partial charge in [0.1, 0.15) is 11.9 Å². The normalized spacial score (nSPS) is 33.7. The Hall–Kier alpha value is -1.35. The predicted octanol–water partition coefficient (Wildman–Crippen LogP) is 2.33. The van der Waals surface area contributed by atoms with Crippen LogP contribution in [0.25, 0.3) is 0 Å². The Balaban J connectivity index is 2.11. The lowest BCUT2D eigenvalue weighted by Gasteiger charge is -2.49. The number of hydrogen-bond donors (Lipinski definition) is 2. The molecule has 3 rings (SSSR count). The fraction of sp³-hybridized carbons (Fsp3) is 0.562. The molecule has 0 radical (unpaired) electrons. The number of aliphatic hydroxyl groups excluding tert-OH is 1. The largest absolute Gasteiger partial charge is 0.508 e. The summed E-state index contributed by atoms with van der Waals surface area (Å²) in [5.74, 6) is 0.637. The van der Waals surface area contributed by atoms with Crippen molar-refractivity contribution in [2.24, 2.45) is 5.92 Å². The molecule has 3 atom stereocenters. The van der Waals surface area contributed by atoms with Gasteiger partial charge in [0.25, 0.3) is 0 Å². The Bertz CT molecular complexity index is 523. The summed E-state index contributed by atoms with van der Waals surface area (Å²) >= 11 is 0. The van der Waals surface area contributed by atoms with Crippen LogP contribution in [0.2, 0.25) is 0 Å². The summed E-state index contributed by atoms with van der Waals surface area (Å²) in [6, 6.07) is 5.55. The fourth-order valence-electron chi connectivity index (χ4n) is 4.13. The maximum Gasteiger partial charge on any atom is 0.161 e. The smallest absolute Gasteiger partial charge is 0.161 e. The topological polar surface area (TPSA) is 57.5 Å². The zero-order valence-electron chi connectivity index (χ0n) is 11.2. The number of aromatic hydroxyl groups is 1. The van der Waals surface area contributed by atoms with E-state index in [1.807, 2.05) is 12.1 Å². The Morgan fingerprint density at radius 2 is 2.21 bits per heavy atom. The van der Waals surface area contributed by atoms with Crippen molar-refractivity contribution in [1.82, 2.24) is 0 Å². The molecule has 0 amide bonds. The van der Waals surface area contributed by atoms with Crippen LogP contribution in [0.3, 0.4) is 0 Å². The number of ketones is 1. The van der Waals surface area contributed by atoms with Crippen LogP contribution in [0.15, 0.2) is 18.2 Å². The monoisotopic (exact) mass is 260 g/mol. The molecule has 102 valence electrons. The van der Waals surface area contributed by atoms with Gasteiger partial charge in [-0.25, -0.2) is 0 Å². The molecule has 0 aliphatic heterocycles. The number of aryl methyl sites for hydroxylation is 1. The Labute approximate surface area is 113 Å². The first-order valence-corrected chi connectivity index (χ1v) is 7.10. The molecule has 0 heterocycles. The standard InChI is InChI=1S/C16H20O3/c1-2-16-9-15(19)14(18)8-11(16)4-3-10-7-12(17)5-6-13(10)16/h5-7,11,15,17,19H,2-4,8-9H2,1H3/t11-,15+,16?/m1/s1. The second kappa shape index (κ2) is 4.34.